The molecule has 130 valence electrons. The molecule has 4 rings (SSSR count). The molecule has 1 unspecified atom stereocenters. The molecule has 1 fully saturated rings. The average molecular weight is 335 g/mol. The van der Waals surface area contributed by atoms with E-state index in [1.54, 1.807) is 0 Å². The molecule has 2 aromatic heterocycles. The Morgan fingerprint density at radius 2 is 1.96 bits per heavy atom. The number of aromatic nitrogens is 3. The van der Waals surface area contributed by atoms with E-state index in [0.29, 0.717) is 0 Å². The van der Waals surface area contributed by atoms with Crippen molar-refractivity contribution in [3.05, 3.63) is 47.8 Å². The highest BCUT2D eigenvalue weighted by Crippen LogP contribution is 2.29. The summed E-state index contributed by atoms with van der Waals surface area (Å²) < 4.78 is 1.84. The Labute approximate surface area is 148 Å². The molecule has 0 spiro atoms. The number of aryl methyl sites for hydroxylation is 2. The Kier molecular flexibility index (Phi) is 4.07. The van der Waals surface area contributed by atoms with Crippen LogP contribution in [0, 0.1) is 6.92 Å². The summed E-state index contributed by atoms with van der Waals surface area (Å²) in [4.78, 5) is 6.94. The summed E-state index contributed by atoms with van der Waals surface area (Å²) in [7, 11) is 1.94. The van der Waals surface area contributed by atoms with E-state index < -0.39 is 0 Å². The maximum Gasteiger partial charge on any atom is 0.159 e. The van der Waals surface area contributed by atoms with Crippen LogP contribution in [0.1, 0.15) is 37.1 Å². The number of hydrogen-bond donors (Lipinski definition) is 1. The van der Waals surface area contributed by atoms with Gasteiger partial charge in [0, 0.05) is 43.8 Å². The van der Waals surface area contributed by atoms with Gasteiger partial charge in [0.25, 0.3) is 0 Å². The summed E-state index contributed by atoms with van der Waals surface area (Å²) >= 11 is 0. The molecular weight excluding hydrogens is 310 g/mol. The molecule has 0 aliphatic carbocycles. The third kappa shape index (κ3) is 2.95. The summed E-state index contributed by atoms with van der Waals surface area (Å²) in [6, 6.07) is 11.2. The lowest BCUT2D eigenvalue weighted by Gasteiger charge is -2.21. The second-order valence-corrected chi connectivity index (χ2v) is 6.92. The zero-order valence-corrected chi connectivity index (χ0v) is 15.2. The predicted molar refractivity (Wildman–Crippen MR) is 103 cm³/mol. The highest BCUT2D eigenvalue weighted by molar-refractivity contribution is 5.91. The molecule has 0 radical (unpaired) electrons. The third-order valence-electron chi connectivity index (χ3n) is 5.11. The molecule has 5 nitrogen and oxygen atoms in total. The van der Waals surface area contributed by atoms with E-state index in [1.807, 2.05) is 30.9 Å². The molecular formula is C20H25N5. The Morgan fingerprint density at radius 1 is 1.16 bits per heavy atom. The molecule has 3 aromatic rings. The minimum absolute atomic E-state index is 0.216. The number of anilines is 2. The Morgan fingerprint density at radius 3 is 2.76 bits per heavy atom. The van der Waals surface area contributed by atoms with Crippen LogP contribution in [-0.2, 0) is 7.05 Å². The van der Waals surface area contributed by atoms with Gasteiger partial charge in [0.15, 0.2) is 5.65 Å². The fraction of sp³-hybridized carbons (Fsp3) is 0.400. The van der Waals surface area contributed by atoms with Gasteiger partial charge in [-0.15, -0.1) is 0 Å². The lowest BCUT2D eigenvalue weighted by molar-refractivity contribution is 0.774. The smallest absolute Gasteiger partial charge is 0.159 e. The van der Waals surface area contributed by atoms with Crippen LogP contribution in [0.4, 0.5) is 11.4 Å². The van der Waals surface area contributed by atoms with Crippen LogP contribution < -0.4 is 10.2 Å². The second-order valence-electron chi connectivity index (χ2n) is 6.92. The van der Waals surface area contributed by atoms with Gasteiger partial charge in [-0.05, 0) is 50.5 Å². The first kappa shape index (κ1) is 15.9. The van der Waals surface area contributed by atoms with Gasteiger partial charge in [-0.25, -0.2) is 4.98 Å². The van der Waals surface area contributed by atoms with Crippen LogP contribution in [-0.4, -0.2) is 27.9 Å². The SMILES string of the molecule is Cc1nn(C)c2nccc(NC(C)c3cccc(N4CCCC4)c3)c12. The molecule has 1 aliphatic rings. The van der Waals surface area contributed by atoms with Crippen molar-refractivity contribution >= 4 is 22.4 Å². The number of fused-ring (bicyclic) bond motifs is 1. The van der Waals surface area contributed by atoms with Crippen LogP contribution in [0.2, 0.25) is 0 Å². The Hall–Kier alpha value is -2.56. The topological polar surface area (TPSA) is 46.0 Å². The van der Waals surface area contributed by atoms with Crippen LogP contribution >= 0.6 is 0 Å². The fourth-order valence-electron chi connectivity index (χ4n) is 3.78. The van der Waals surface area contributed by atoms with Gasteiger partial charge >= 0.3 is 0 Å². The molecule has 5 heteroatoms. The van der Waals surface area contributed by atoms with Gasteiger partial charge in [-0.1, -0.05) is 12.1 Å². The summed E-state index contributed by atoms with van der Waals surface area (Å²) in [5.41, 5.74) is 5.65. The minimum Gasteiger partial charge on any atom is -0.378 e. The second kappa shape index (κ2) is 6.39. The molecule has 0 saturated carbocycles. The van der Waals surface area contributed by atoms with E-state index in [4.69, 9.17) is 0 Å². The van der Waals surface area contributed by atoms with E-state index in [0.717, 1.165) is 22.4 Å². The molecule has 0 bridgehead atoms. The Balaban J connectivity index is 1.62. The van der Waals surface area contributed by atoms with Gasteiger partial charge in [0.2, 0.25) is 0 Å². The van der Waals surface area contributed by atoms with Crippen LogP contribution in [0.5, 0.6) is 0 Å². The van der Waals surface area contributed by atoms with Crippen molar-refractivity contribution < 1.29 is 0 Å². The van der Waals surface area contributed by atoms with Crippen LogP contribution in [0.3, 0.4) is 0 Å². The number of nitrogens with zero attached hydrogens (tertiary/aromatic N) is 4. The average Bonchev–Trinajstić information content (AvgIpc) is 3.25. The third-order valence-corrected chi connectivity index (χ3v) is 5.11. The van der Waals surface area contributed by atoms with Gasteiger partial charge in [-0.2, -0.15) is 5.10 Å². The quantitative estimate of drug-likeness (QED) is 0.781. The summed E-state index contributed by atoms with van der Waals surface area (Å²) in [5, 5.41) is 9.27. The fourth-order valence-corrected chi connectivity index (χ4v) is 3.78. The first-order chi connectivity index (χ1) is 12.1. The molecule has 1 saturated heterocycles. The molecule has 1 aliphatic heterocycles. The van der Waals surface area contributed by atoms with Crippen molar-refractivity contribution in [1.82, 2.24) is 14.8 Å². The molecule has 3 heterocycles. The van der Waals surface area contributed by atoms with E-state index in [1.165, 1.54) is 37.2 Å². The van der Waals surface area contributed by atoms with Gasteiger partial charge in [0.1, 0.15) is 0 Å². The predicted octanol–water partition coefficient (Wildman–Crippen LogP) is 4.05. The number of benzene rings is 1. The van der Waals surface area contributed by atoms with E-state index >= 15 is 0 Å². The normalized spacial score (nSPS) is 15.7. The van der Waals surface area contributed by atoms with Crippen molar-refractivity contribution in [3.63, 3.8) is 0 Å². The highest BCUT2D eigenvalue weighted by Gasteiger charge is 2.16. The summed E-state index contributed by atoms with van der Waals surface area (Å²) in [6.45, 7) is 6.59. The van der Waals surface area contributed by atoms with Gasteiger partial charge in [0.05, 0.1) is 11.1 Å². The van der Waals surface area contributed by atoms with E-state index in [-0.39, 0.29) is 6.04 Å². The van der Waals surface area contributed by atoms with Crippen molar-refractivity contribution in [2.75, 3.05) is 23.3 Å². The zero-order valence-electron chi connectivity index (χ0n) is 15.2. The maximum atomic E-state index is 4.50. The van der Waals surface area contributed by atoms with Crippen LogP contribution in [0.25, 0.3) is 11.0 Å². The molecule has 25 heavy (non-hydrogen) atoms. The van der Waals surface area contributed by atoms with Gasteiger partial charge in [-0.3, -0.25) is 4.68 Å². The number of hydrogen-bond acceptors (Lipinski definition) is 4. The number of pyridine rings is 1. The number of rotatable bonds is 4. The number of nitrogens with one attached hydrogen (secondary N) is 1. The molecule has 0 amide bonds. The van der Waals surface area contributed by atoms with Crippen molar-refractivity contribution in [2.24, 2.45) is 7.05 Å². The Bertz CT molecular complexity index is 892. The highest BCUT2D eigenvalue weighted by atomic mass is 15.3. The van der Waals surface area contributed by atoms with Crippen molar-refractivity contribution in [2.45, 2.75) is 32.7 Å². The van der Waals surface area contributed by atoms with Crippen LogP contribution in [0.15, 0.2) is 36.5 Å². The summed E-state index contributed by atoms with van der Waals surface area (Å²) in [5.74, 6) is 0. The first-order valence-corrected chi connectivity index (χ1v) is 9.03. The zero-order chi connectivity index (χ0) is 17.4. The summed E-state index contributed by atoms with van der Waals surface area (Å²) in [6.07, 6.45) is 4.44. The lowest BCUT2D eigenvalue weighted by atomic mass is 10.1. The first-order valence-electron chi connectivity index (χ1n) is 9.03. The van der Waals surface area contributed by atoms with Crippen molar-refractivity contribution in [1.29, 1.82) is 0 Å². The largest absolute Gasteiger partial charge is 0.378 e. The van der Waals surface area contributed by atoms with E-state index in [9.17, 15) is 0 Å². The lowest BCUT2D eigenvalue weighted by Crippen LogP contribution is -2.18. The minimum atomic E-state index is 0.216. The molecule has 1 aromatic carbocycles. The van der Waals surface area contributed by atoms with E-state index in [2.05, 4.69) is 51.5 Å². The molecule has 1 atom stereocenters. The maximum absolute atomic E-state index is 4.50. The molecule has 1 N–H and O–H groups in total. The van der Waals surface area contributed by atoms with Gasteiger partial charge < -0.3 is 10.2 Å². The standard InChI is InChI=1S/C20H25N5/c1-14(16-7-6-8-17(13-16)25-11-4-5-12-25)22-18-9-10-21-20-19(18)15(2)23-24(20)3/h6-10,13-14H,4-5,11-12H2,1-3H3,(H,21,22). The monoisotopic (exact) mass is 335 g/mol. The van der Waals surface area contributed by atoms with Crippen molar-refractivity contribution in [3.8, 4) is 0 Å².